The molecule has 1 aromatic heterocycles. The molecule has 0 aliphatic carbocycles. The van der Waals surface area contributed by atoms with Gasteiger partial charge >= 0.3 is 0 Å². The normalized spacial score (nSPS) is 11.2. The fourth-order valence-electron chi connectivity index (χ4n) is 1.75. The molecule has 0 fully saturated rings. The number of ether oxygens (including phenoxy) is 1. The van der Waals surface area contributed by atoms with Crippen LogP contribution in [0.5, 0.6) is 5.75 Å². The first-order valence-corrected chi connectivity index (χ1v) is 8.66. The largest absolute Gasteiger partial charge is 0.493 e. The molecule has 0 radical (unpaired) electrons. The third-order valence-electron chi connectivity index (χ3n) is 2.75. The minimum absolute atomic E-state index is 0.643. The Morgan fingerprint density at radius 3 is 2.81 bits per heavy atom. The van der Waals surface area contributed by atoms with E-state index in [9.17, 15) is 0 Å². The highest BCUT2D eigenvalue weighted by Gasteiger charge is 2.08. The van der Waals surface area contributed by atoms with Gasteiger partial charge in [-0.2, -0.15) is 9.78 Å². The predicted molar refractivity (Wildman–Crippen MR) is 89.5 cm³/mol. The topological polar surface area (TPSA) is 52.3 Å². The van der Waals surface area contributed by atoms with Gasteiger partial charge < -0.3 is 4.74 Å². The van der Waals surface area contributed by atoms with Crippen molar-refractivity contribution in [2.24, 2.45) is 5.10 Å². The molecule has 2 rings (SSSR count). The number of rotatable bonds is 6. The smallest absolute Gasteiger partial charge is 0.211 e. The van der Waals surface area contributed by atoms with E-state index < -0.39 is 0 Å². The van der Waals surface area contributed by atoms with E-state index >= 15 is 0 Å². The molecule has 0 amide bonds. The predicted octanol–water partition coefficient (Wildman–Crippen LogP) is 3.61. The lowest BCUT2D eigenvalue weighted by molar-refractivity contribution is 0.338. The zero-order chi connectivity index (χ0) is 15.2. The number of aryl methyl sites for hydroxylation is 1. The second-order valence-electron chi connectivity index (χ2n) is 4.14. The lowest BCUT2D eigenvalue weighted by Crippen LogP contribution is -1.99. The number of hydrogen-bond donors (Lipinski definition) is 0. The van der Waals surface area contributed by atoms with Gasteiger partial charge in [0.1, 0.15) is 5.75 Å². The number of nitrogens with zero attached hydrogens (tertiary/aromatic N) is 4. The van der Waals surface area contributed by atoms with Crippen molar-refractivity contribution < 1.29 is 4.74 Å². The summed E-state index contributed by atoms with van der Waals surface area (Å²) in [5.41, 5.74) is 0.980. The average molecular weight is 369 g/mol. The van der Waals surface area contributed by atoms with E-state index in [1.807, 2.05) is 38.3 Å². The van der Waals surface area contributed by atoms with Crippen LogP contribution in [-0.4, -0.2) is 34.0 Å². The third-order valence-corrected chi connectivity index (χ3v) is 3.99. The summed E-state index contributed by atoms with van der Waals surface area (Å²) in [6.45, 7) is 4.64. The second kappa shape index (κ2) is 7.61. The van der Waals surface area contributed by atoms with E-state index in [4.69, 9.17) is 4.74 Å². The van der Waals surface area contributed by atoms with Gasteiger partial charge in [0.25, 0.3) is 0 Å². The molecular weight excluding hydrogens is 352 g/mol. The maximum Gasteiger partial charge on any atom is 0.211 e. The van der Waals surface area contributed by atoms with Crippen LogP contribution in [0.2, 0.25) is 0 Å². The first-order valence-electron chi connectivity index (χ1n) is 6.64. The summed E-state index contributed by atoms with van der Waals surface area (Å²) in [6.07, 6.45) is 4.55. The fraction of sp³-hybridized carbons (Fsp3) is 0.357. The van der Waals surface area contributed by atoms with Crippen LogP contribution < -0.4 is 4.74 Å². The summed E-state index contributed by atoms with van der Waals surface area (Å²) in [7, 11) is 0. The Morgan fingerprint density at radius 1 is 1.38 bits per heavy atom. The molecule has 1 aromatic carbocycles. The molecule has 0 atom stereocenters. The van der Waals surface area contributed by atoms with Gasteiger partial charge in [-0.3, -0.25) is 0 Å². The van der Waals surface area contributed by atoms with Crippen LogP contribution in [0.1, 0.15) is 25.2 Å². The van der Waals surface area contributed by atoms with Crippen molar-refractivity contribution in [2.45, 2.75) is 25.4 Å². The molecular formula is C14H17BrN4OS. The Morgan fingerprint density at radius 2 is 2.19 bits per heavy atom. The first kappa shape index (κ1) is 16.0. The number of benzene rings is 1. The van der Waals surface area contributed by atoms with Crippen LogP contribution in [0.3, 0.4) is 0 Å². The molecule has 112 valence electrons. The molecule has 1 heterocycles. The SMILES string of the molecule is CCOc1ccc(/C=N\n2c(CC)nnc2SC)cc1Br. The van der Waals surface area contributed by atoms with E-state index in [1.165, 1.54) is 11.8 Å². The Balaban J connectivity index is 2.25. The summed E-state index contributed by atoms with van der Waals surface area (Å²) in [4.78, 5) is 0. The van der Waals surface area contributed by atoms with Gasteiger partial charge in [-0.25, -0.2) is 0 Å². The summed E-state index contributed by atoms with van der Waals surface area (Å²) >= 11 is 5.03. The Hall–Kier alpha value is -1.34. The van der Waals surface area contributed by atoms with E-state index in [2.05, 4.69) is 31.2 Å². The number of thioether (sulfide) groups is 1. The molecule has 0 saturated heterocycles. The molecule has 7 heteroatoms. The maximum atomic E-state index is 5.50. The highest BCUT2D eigenvalue weighted by molar-refractivity contribution is 9.10. The third kappa shape index (κ3) is 3.85. The zero-order valence-corrected chi connectivity index (χ0v) is 14.6. The highest BCUT2D eigenvalue weighted by atomic mass is 79.9. The second-order valence-corrected chi connectivity index (χ2v) is 5.76. The van der Waals surface area contributed by atoms with Crippen LogP contribution in [0.4, 0.5) is 0 Å². The van der Waals surface area contributed by atoms with E-state index in [1.54, 1.807) is 10.9 Å². The van der Waals surface area contributed by atoms with Gasteiger partial charge in [0.15, 0.2) is 5.82 Å². The maximum absolute atomic E-state index is 5.50. The lowest BCUT2D eigenvalue weighted by Gasteiger charge is -2.06. The minimum atomic E-state index is 0.643. The summed E-state index contributed by atoms with van der Waals surface area (Å²) in [6, 6.07) is 5.87. The van der Waals surface area contributed by atoms with Crippen molar-refractivity contribution in [3.8, 4) is 5.75 Å². The zero-order valence-electron chi connectivity index (χ0n) is 12.2. The average Bonchev–Trinajstić information content (AvgIpc) is 2.89. The molecule has 0 saturated carbocycles. The van der Waals surface area contributed by atoms with Gasteiger partial charge in [0, 0.05) is 6.42 Å². The highest BCUT2D eigenvalue weighted by Crippen LogP contribution is 2.25. The molecule has 5 nitrogen and oxygen atoms in total. The molecule has 0 aliphatic rings. The van der Waals surface area contributed by atoms with Crippen LogP contribution in [0, 0.1) is 0 Å². The van der Waals surface area contributed by atoms with E-state index in [0.717, 1.165) is 33.2 Å². The van der Waals surface area contributed by atoms with Crippen molar-refractivity contribution in [1.82, 2.24) is 14.9 Å². The molecule has 0 spiro atoms. The van der Waals surface area contributed by atoms with Crippen molar-refractivity contribution in [2.75, 3.05) is 12.9 Å². The molecule has 0 bridgehead atoms. The molecule has 0 unspecified atom stereocenters. The monoisotopic (exact) mass is 368 g/mol. The Labute approximate surface area is 136 Å². The van der Waals surface area contributed by atoms with Crippen molar-refractivity contribution in [3.63, 3.8) is 0 Å². The molecule has 21 heavy (non-hydrogen) atoms. The van der Waals surface area contributed by atoms with Crippen LogP contribution in [0.25, 0.3) is 0 Å². The number of aromatic nitrogens is 3. The van der Waals surface area contributed by atoms with Gasteiger partial charge in [0.2, 0.25) is 5.16 Å². The standard InChI is InChI=1S/C14H17BrN4OS/c1-4-13-17-18-14(21-3)19(13)16-9-10-6-7-12(20-5-2)11(15)8-10/h6-9H,4-5H2,1-3H3/b16-9-. The number of hydrogen-bond acceptors (Lipinski definition) is 5. The lowest BCUT2D eigenvalue weighted by atomic mass is 10.2. The van der Waals surface area contributed by atoms with E-state index in [0.29, 0.717) is 6.61 Å². The molecule has 0 N–H and O–H groups in total. The van der Waals surface area contributed by atoms with Gasteiger partial charge in [-0.05, 0) is 52.9 Å². The van der Waals surface area contributed by atoms with Crippen LogP contribution >= 0.6 is 27.7 Å². The quantitative estimate of drug-likeness (QED) is 0.577. The molecule has 0 aliphatic heterocycles. The van der Waals surface area contributed by atoms with Crippen molar-refractivity contribution in [3.05, 3.63) is 34.1 Å². The minimum Gasteiger partial charge on any atom is -0.493 e. The van der Waals surface area contributed by atoms with Crippen LogP contribution in [-0.2, 0) is 6.42 Å². The molecule has 2 aromatic rings. The van der Waals surface area contributed by atoms with Crippen LogP contribution in [0.15, 0.2) is 32.9 Å². The summed E-state index contributed by atoms with van der Waals surface area (Å²) < 4.78 is 8.18. The first-order chi connectivity index (χ1) is 10.2. The number of halogens is 1. The van der Waals surface area contributed by atoms with Gasteiger partial charge in [-0.15, -0.1) is 10.2 Å². The fourth-order valence-corrected chi connectivity index (χ4v) is 2.71. The van der Waals surface area contributed by atoms with E-state index in [-0.39, 0.29) is 0 Å². The van der Waals surface area contributed by atoms with Crippen molar-refractivity contribution >= 4 is 33.9 Å². The Kier molecular flexibility index (Phi) is 5.81. The summed E-state index contributed by atoms with van der Waals surface area (Å²) in [5.74, 6) is 1.68. The van der Waals surface area contributed by atoms with Crippen molar-refractivity contribution in [1.29, 1.82) is 0 Å². The van der Waals surface area contributed by atoms with Gasteiger partial charge in [-0.1, -0.05) is 18.7 Å². The summed E-state index contributed by atoms with van der Waals surface area (Å²) in [5, 5.41) is 13.5. The van der Waals surface area contributed by atoms with Gasteiger partial charge in [0.05, 0.1) is 17.3 Å². The Bertz CT molecular complexity index is 620.